The standard InChI is InChI=1S/C12H17N3O4/c1-3-8(13)7-14-12(16)10-5-4-9(15(17)18)6-11(10)19-2/h4-6,8H,3,7,13H2,1-2H3,(H,14,16). The molecule has 1 aromatic rings. The predicted octanol–water partition coefficient (Wildman–Crippen LogP) is 1.07. The number of carbonyl (C=O) groups excluding carboxylic acids is 1. The first-order valence-electron chi connectivity index (χ1n) is 5.85. The van der Waals surface area contributed by atoms with E-state index in [1.807, 2.05) is 6.92 Å². The van der Waals surface area contributed by atoms with Crippen molar-refractivity contribution in [2.75, 3.05) is 13.7 Å². The third kappa shape index (κ3) is 3.92. The summed E-state index contributed by atoms with van der Waals surface area (Å²) < 4.78 is 4.99. The van der Waals surface area contributed by atoms with Gasteiger partial charge in [-0.15, -0.1) is 0 Å². The van der Waals surface area contributed by atoms with E-state index in [1.54, 1.807) is 0 Å². The lowest BCUT2D eigenvalue weighted by molar-refractivity contribution is -0.384. The van der Waals surface area contributed by atoms with Crippen LogP contribution in [0.15, 0.2) is 18.2 Å². The third-order valence-corrected chi connectivity index (χ3v) is 2.69. The van der Waals surface area contributed by atoms with E-state index in [9.17, 15) is 14.9 Å². The van der Waals surface area contributed by atoms with E-state index >= 15 is 0 Å². The molecule has 1 atom stereocenters. The van der Waals surface area contributed by atoms with Gasteiger partial charge in [-0.25, -0.2) is 0 Å². The van der Waals surface area contributed by atoms with Crippen LogP contribution in [0.3, 0.4) is 0 Å². The number of rotatable bonds is 6. The van der Waals surface area contributed by atoms with E-state index in [0.717, 1.165) is 6.42 Å². The number of hydrogen-bond acceptors (Lipinski definition) is 5. The van der Waals surface area contributed by atoms with Crippen molar-refractivity contribution in [2.24, 2.45) is 5.73 Å². The number of carbonyl (C=O) groups is 1. The maximum Gasteiger partial charge on any atom is 0.273 e. The SMILES string of the molecule is CCC(N)CNC(=O)c1ccc([N+](=O)[O-])cc1OC. The minimum atomic E-state index is -0.544. The van der Waals surface area contributed by atoms with Gasteiger partial charge in [-0.2, -0.15) is 0 Å². The number of hydrogen-bond donors (Lipinski definition) is 2. The first-order chi connectivity index (χ1) is 8.99. The number of non-ortho nitro benzene ring substituents is 1. The van der Waals surface area contributed by atoms with E-state index in [2.05, 4.69) is 5.32 Å². The highest BCUT2D eigenvalue weighted by Crippen LogP contribution is 2.24. The third-order valence-electron chi connectivity index (χ3n) is 2.69. The molecule has 0 aromatic heterocycles. The van der Waals surface area contributed by atoms with Gasteiger partial charge in [0.2, 0.25) is 0 Å². The summed E-state index contributed by atoms with van der Waals surface area (Å²) in [4.78, 5) is 22.0. The fourth-order valence-electron chi connectivity index (χ4n) is 1.44. The van der Waals surface area contributed by atoms with Gasteiger partial charge in [-0.3, -0.25) is 14.9 Å². The van der Waals surface area contributed by atoms with Crippen molar-refractivity contribution >= 4 is 11.6 Å². The Kier molecular flexibility index (Phi) is 5.25. The van der Waals surface area contributed by atoms with Crippen LogP contribution in [0.4, 0.5) is 5.69 Å². The van der Waals surface area contributed by atoms with Gasteiger partial charge in [0.1, 0.15) is 5.75 Å². The molecular formula is C12H17N3O4. The highest BCUT2D eigenvalue weighted by atomic mass is 16.6. The lowest BCUT2D eigenvalue weighted by atomic mass is 10.1. The molecule has 0 fully saturated rings. The van der Waals surface area contributed by atoms with Gasteiger partial charge in [0.15, 0.2) is 0 Å². The van der Waals surface area contributed by atoms with Crippen molar-refractivity contribution in [3.8, 4) is 5.75 Å². The molecule has 19 heavy (non-hydrogen) atoms. The average Bonchev–Trinajstić information content (AvgIpc) is 2.43. The van der Waals surface area contributed by atoms with Gasteiger partial charge < -0.3 is 15.8 Å². The summed E-state index contributed by atoms with van der Waals surface area (Å²) in [5, 5.41) is 13.3. The molecule has 0 bridgehead atoms. The van der Waals surface area contributed by atoms with Gasteiger partial charge >= 0.3 is 0 Å². The van der Waals surface area contributed by atoms with Gasteiger partial charge in [0.05, 0.1) is 23.7 Å². The zero-order valence-electron chi connectivity index (χ0n) is 10.9. The normalized spacial score (nSPS) is 11.7. The Morgan fingerprint density at radius 1 is 1.58 bits per heavy atom. The molecule has 0 radical (unpaired) electrons. The number of nitrogens with one attached hydrogen (secondary N) is 1. The summed E-state index contributed by atoms with van der Waals surface area (Å²) in [7, 11) is 1.35. The van der Waals surface area contributed by atoms with Crippen molar-refractivity contribution in [1.82, 2.24) is 5.32 Å². The van der Waals surface area contributed by atoms with Gasteiger partial charge in [0, 0.05) is 18.7 Å². The molecule has 0 aliphatic carbocycles. The molecule has 0 heterocycles. The second-order valence-electron chi connectivity index (χ2n) is 4.02. The van der Waals surface area contributed by atoms with E-state index in [0.29, 0.717) is 6.54 Å². The van der Waals surface area contributed by atoms with Crippen LogP contribution in [-0.2, 0) is 0 Å². The first-order valence-corrected chi connectivity index (χ1v) is 5.85. The van der Waals surface area contributed by atoms with Crippen LogP contribution >= 0.6 is 0 Å². The van der Waals surface area contributed by atoms with Crippen molar-refractivity contribution in [2.45, 2.75) is 19.4 Å². The molecule has 0 saturated heterocycles. The topological polar surface area (TPSA) is 107 Å². The van der Waals surface area contributed by atoms with Crippen molar-refractivity contribution in [3.05, 3.63) is 33.9 Å². The second-order valence-corrected chi connectivity index (χ2v) is 4.02. The molecule has 1 amide bonds. The quantitative estimate of drug-likeness (QED) is 0.592. The largest absolute Gasteiger partial charge is 0.496 e. The number of nitro benzene ring substituents is 1. The van der Waals surface area contributed by atoms with Crippen molar-refractivity contribution in [3.63, 3.8) is 0 Å². The second kappa shape index (κ2) is 6.69. The Labute approximate surface area is 110 Å². The monoisotopic (exact) mass is 267 g/mol. The lowest BCUT2D eigenvalue weighted by Gasteiger charge is -2.12. The summed E-state index contributed by atoms with van der Waals surface area (Å²) in [6, 6.07) is 3.73. The molecule has 0 spiro atoms. The van der Waals surface area contributed by atoms with Gasteiger partial charge in [0.25, 0.3) is 11.6 Å². The molecule has 7 nitrogen and oxygen atoms in total. The molecule has 1 rings (SSSR count). The zero-order chi connectivity index (χ0) is 14.4. The van der Waals surface area contributed by atoms with Crippen LogP contribution in [0.2, 0.25) is 0 Å². The molecule has 104 valence electrons. The van der Waals surface area contributed by atoms with E-state index in [4.69, 9.17) is 10.5 Å². The summed E-state index contributed by atoms with van der Waals surface area (Å²) >= 11 is 0. The minimum absolute atomic E-state index is 0.118. The van der Waals surface area contributed by atoms with Gasteiger partial charge in [-0.05, 0) is 12.5 Å². The van der Waals surface area contributed by atoms with E-state index in [-0.39, 0.29) is 28.9 Å². The predicted molar refractivity (Wildman–Crippen MR) is 70.2 cm³/mol. The number of nitro groups is 1. The van der Waals surface area contributed by atoms with Crippen LogP contribution in [0.25, 0.3) is 0 Å². The number of methoxy groups -OCH3 is 1. The first kappa shape index (κ1) is 14.9. The van der Waals surface area contributed by atoms with Crippen LogP contribution in [-0.4, -0.2) is 30.5 Å². The Bertz CT molecular complexity index is 476. The Hall–Kier alpha value is -2.15. The fraction of sp³-hybridized carbons (Fsp3) is 0.417. The fourth-order valence-corrected chi connectivity index (χ4v) is 1.44. The lowest BCUT2D eigenvalue weighted by Crippen LogP contribution is -2.36. The maximum absolute atomic E-state index is 11.9. The molecule has 1 unspecified atom stereocenters. The number of benzene rings is 1. The molecule has 0 aliphatic heterocycles. The molecular weight excluding hydrogens is 250 g/mol. The summed E-state index contributed by atoms with van der Waals surface area (Å²) in [5.41, 5.74) is 5.82. The Morgan fingerprint density at radius 3 is 2.79 bits per heavy atom. The zero-order valence-corrected chi connectivity index (χ0v) is 10.9. The Morgan fingerprint density at radius 2 is 2.26 bits per heavy atom. The van der Waals surface area contributed by atoms with Crippen LogP contribution in [0.5, 0.6) is 5.75 Å². The van der Waals surface area contributed by atoms with Gasteiger partial charge in [-0.1, -0.05) is 6.92 Å². The number of amides is 1. The van der Waals surface area contributed by atoms with Crippen LogP contribution < -0.4 is 15.8 Å². The number of nitrogens with two attached hydrogens (primary N) is 1. The smallest absolute Gasteiger partial charge is 0.273 e. The molecule has 0 saturated carbocycles. The van der Waals surface area contributed by atoms with Crippen LogP contribution in [0, 0.1) is 10.1 Å². The van der Waals surface area contributed by atoms with Crippen molar-refractivity contribution in [1.29, 1.82) is 0 Å². The highest BCUT2D eigenvalue weighted by Gasteiger charge is 2.16. The van der Waals surface area contributed by atoms with E-state index in [1.165, 1.54) is 25.3 Å². The maximum atomic E-state index is 11.9. The summed E-state index contributed by atoms with van der Waals surface area (Å²) in [5.74, 6) is -0.201. The minimum Gasteiger partial charge on any atom is -0.496 e. The highest BCUT2D eigenvalue weighted by molar-refractivity contribution is 5.97. The molecule has 0 aliphatic rings. The number of nitrogens with zero attached hydrogens (tertiary/aromatic N) is 1. The average molecular weight is 267 g/mol. The molecule has 7 heteroatoms. The molecule has 1 aromatic carbocycles. The molecule has 3 N–H and O–H groups in total. The summed E-state index contributed by atoms with van der Waals surface area (Å²) in [6.45, 7) is 2.26. The summed E-state index contributed by atoms with van der Waals surface area (Å²) in [6.07, 6.45) is 0.748. The van der Waals surface area contributed by atoms with Crippen molar-refractivity contribution < 1.29 is 14.5 Å². The van der Waals surface area contributed by atoms with Crippen LogP contribution in [0.1, 0.15) is 23.7 Å². The van der Waals surface area contributed by atoms with E-state index < -0.39 is 4.92 Å². The number of ether oxygens (including phenoxy) is 1. The Balaban J connectivity index is 2.87.